The molecule has 0 saturated carbocycles. The van der Waals surface area contributed by atoms with Crippen molar-refractivity contribution in [1.29, 1.82) is 0 Å². The minimum atomic E-state index is -0.0481. The average molecular weight is 283 g/mol. The number of ether oxygens (including phenoxy) is 1. The molecule has 2 unspecified atom stereocenters. The van der Waals surface area contributed by atoms with Gasteiger partial charge in [0.05, 0.1) is 13.2 Å². The van der Waals surface area contributed by atoms with Crippen LogP contribution in [0.4, 0.5) is 5.69 Å². The summed E-state index contributed by atoms with van der Waals surface area (Å²) in [5.41, 5.74) is 0.757. The molecule has 0 aliphatic carbocycles. The molecule has 1 aliphatic rings. The lowest BCUT2D eigenvalue weighted by Crippen LogP contribution is -2.39. The molecule has 1 saturated heterocycles. The lowest BCUT2D eigenvalue weighted by molar-refractivity contribution is -0.115. The summed E-state index contributed by atoms with van der Waals surface area (Å²) in [4.78, 5) is 11.8. The third-order valence-electron chi connectivity index (χ3n) is 3.38. The lowest BCUT2D eigenvalue weighted by atomic mass is 10.0. The van der Waals surface area contributed by atoms with Crippen LogP contribution in [0.15, 0.2) is 24.3 Å². The highest BCUT2D eigenvalue weighted by Crippen LogP contribution is 2.16. The number of hydrogen-bond donors (Lipinski definition) is 2. The van der Waals surface area contributed by atoms with Gasteiger partial charge in [0.25, 0.3) is 0 Å². The van der Waals surface area contributed by atoms with Crippen molar-refractivity contribution in [3.63, 3.8) is 0 Å². The predicted octanol–water partition coefficient (Wildman–Crippen LogP) is 2.29. The van der Waals surface area contributed by atoms with Crippen molar-refractivity contribution in [3.8, 4) is 0 Å². The third kappa shape index (κ3) is 4.49. The van der Waals surface area contributed by atoms with Crippen molar-refractivity contribution < 1.29 is 9.53 Å². The fourth-order valence-corrected chi connectivity index (χ4v) is 2.23. The highest BCUT2D eigenvalue weighted by Gasteiger charge is 2.22. The minimum Gasteiger partial charge on any atom is -0.381 e. The Bertz CT molecular complexity index is 416. The summed E-state index contributed by atoms with van der Waals surface area (Å²) in [5, 5.41) is 6.72. The molecular formula is C14H19ClN2O2. The van der Waals surface area contributed by atoms with Gasteiger partial charge in [-0.1, -0.05) is 11.6 Å². The van der Waals surface area contributed by atoms with Crippen molar-refractivity contribution in [3.05, 3.63) is 29.3 Å². The maximum Gasteiger partial charge on any atom is 0.238 e. The Hall–Kier alpha value is -1.10. The normalized spacial score (nSPS) is 20.2. The Morgan fingerprint density at radius 3 is 2.84 bits per heavy atom. The Morgan fingerprint density at radius 1 is 1.47 bits per heavy atom. The van der Waals surface area contributed by atoms with Crippen LogP contribution in [0.3, 0.4) is 0 Å². The van der Waals surface area contributed by atoms with Gasteiger partial charge < -0.3 is 15.4 Å². The Labute approximate surface area is 118 Å². The van der Waals surface area contributed by atoms with Crippen molar-refractivity contribution in [2.75, 3.05) is 25.1 Å². The first-order chi connectivity index (χ1) is 9.15. The second-order valence-electron chi connectivity index (χ2n) is 4.85. The predicted molar refractivity (Wildman–Crippen MR) is 76.5 cm³/mol. The van der Waals surface area contributed by atoms with Crippen molar-refractivity contribution in [2.24, 2.45) is 5.92 Å². The smallest absolute Gasteiger partial charge is 0.238 e. The number of nitrogens with one attached hydrogen (secondary N) is 2. The van der Waals surface area contributed by atoms with Crippen LogP contribution in [-0.2, 0) is 9.53 Å². The molecule has 104 valence electrons. The van der Waals surface area contributed by atoms with Gasteiger partial charge in [0, 0.05) is 23.4 Å². The topological polar surface area (TPSA) is 50.4 Å². The summed E-state index contributed by atoms with van der Waals surface area (Å²) < 4.78 is 5.34. The van der Waals surface area contributed by atoms with Crippen LogP contribution < -0.4 is 10.6 Å². The number of carbonyl (C=O) groups excluding carboxylic acids is 1. The van der Waals surface area contributed by atoms with Crippen molar-refractivity contribution >= 4 is 23.2 Å². The van der Waals surface area contributed by atoms with Crippen LogP contribution in [0, 0.1) is 5.92 Å². The fourth-order valence-electron chi connectivity index (χ4n) is 2.11. The summed E-state index contributed by atoms with van der Waals surface area (Å²) in [7, 11) is 0. The SMILES string of the molecule is CC(NCC(=O)Nc1ccc(Cl)cc1)C1CCOC1. The second-order valence-corrected chi connectivity index (χ2v) is 5.28. The minimum absolute atomic E-state index is 0.0481. The van der Waals surface area contributed by atoms with Gasteiger partial charge in [-0.25, -0.2) is 0 Å². The molecule has 0 bridgehead atoms. The highest BCUT2D eigenvalue weighted by atomic mass is 35.5. The van der Waals surface area contributed by atoms with Gasteiger partial charge in [0.2, 0.25) is 5.91 Å². The van der Waals surface area contributed by atoms with E-state index < -0.39 is 0 Å². The summed E-state index contributed by atoms with van der Waals surface area (Å²) >= 11 is 5.79. The molecule has 1 fully saturated rings. The van der Waals surface area contributed by atoms with Gasteiger partial charge >= 0.3 is 0 Å². The Balaban J connectivity index is 1.73. The first-order valence-electron chi connectivity index (χ1n) is 6.51. The van der Waals surface area contributed by atoms with Crippen LogP contribution in [0.1, 0.15) is 13.3 Å². The van der Waals surface area contributed by atoms with Crippen molar-refractivity contribution in [1.82, 2.24) is 5.32 Å². The summed E-state index contributed by atoms with van der Waals surface area (Å²) in [6.07, 6.45) is 1.06. The van der Waals surface area contributed by atoms with E-state index in [1.807, 2.05) is 0 Å². The largest absolute Gasteiger partial charge is 0.381 e. The van der Waals surface area contributed by atoms with Gasteiger partial charge in [0.1, 0.15) is 0 Å². The van der Waals surface area contributed by atoms with Gasteiger partial charge in [-0.2, -0.15) is 0 Å². The van der Waals surface area contributed by atoms with E-state index in [4.69, 9.17) is 16.3 Å². The van der Waals surface area contributed by atoms with E-state index in [-0.39, 0.29) is 5.91 Å². The van der Waals surface area contributed by atoms with E-state index in [0.29, 0.717) is 23.5 Å². The Kier molecular flexibility index (Phi) is 5.19. The monoisotopic (exact) mass is 282 g/mol. The lowest BCUT2D eigenvalue weighted by Gasteiger charge is -2.18. The third-order valence-corrected chi connectivity index (χ3v) is 3.64. The van der Waals surface area contributed by atoms with Gasteiger partial charge in [0.15, 0.2) is 0 Å². The molecule has 0 aromatic heterocycles. The van der Waals surface area contributed by atoms with Crippen LogP contribution >= 0.6 is 11.6 Å². The molecule has 1 amide bonds. The number of benzene rings is 1. The van der Waals surface area contributed by atoms with E-state index >= 15 is 0 Å². The number of amides is 1. The van der Waals surface area contributed by atoms with Crippen LogP contribution in [0.5, 0.6) is 0 Å². The summed E-state index contributed by atoms with van der Waals surface area (Å²) in [6.45, 7) is 4.01. The van der Waals surface area contributed by atoms with Gasteiger partial charge in [-0.15, -0.1) is 0 Å². The zero-order chi connectivity index (χ0) is 13.7. The number of halogens is 1. The fraction of sp³-hybridized carbons (Fsp3) is 0.500. The van der Waals surface area contributed by atoms with E-state index in [1.165, 1.54) is 0 Å². The first-order valence-corrected chi connectivity index (χ1v) is 6.89. The molecule has 0 spiro atoms. The van der Waals surface area contributed by atoms with Crippen molar-refractivity contribution in [2.45, 2.75) is 19.4 Å². The molecule has 5 heteroatoms. The Morgan fingerprint density at radius 2 is 2.21 bits per heavy atom. The second kappa shape index (κ2) is 6.89. The summed E-state index contributed by atoms with van der Waals surface area (Å²) in [6, 6.07) is 7.37. The van der Waals surface area contributed by atoms with E-state index in [1.54, 1.807) is 24.3 Å². The summed E-state index contributed by atoms with van der Waals surface area (Å²) in [5.74, 6) is 0.455. The highest BCUT2D eigenvalue weighted by molar-refractivity contribution is 6.30. The molecule has 2 N–H and O–H groups in total. The molecular weight excluding hydrogens is 264 g/mol. The molecule has 1 aromatic carbocycles. The van der Waals surface area contributed by atoms with E-state index in [2.05, 4.69) is 17.6 Å². The first kappa shape index (κ1) is 14.3. The van der Waals surface area contributed by atoms with E-state index in [0.717, 1.165) is 25.3 Å². The molecule has 1 heterocycles. The van der Waals surface area contributed by atoms with E-state index in [9.17, 15) is 4.79 Å². The molecule has 0 radical (unpaired) electrons. The maximum absolute atomic E-state index is 11.8. The molecule has 1 aliphatic heterocycles. The standard InChI is InChI=1S/C14H19ClN2O2/c1-10(11-6-7-19-9-11)16-8-14(18)17-13-4-2-12(15)3-5-13/h2-5,10-11,16H,6-9H2,1H3,(H,17,18). The van der Waals surface area contributed by atoms with Crippen LogP contribution in [0.2, 0.25) is 5.02 Å². The number of anilines is 1. The molecule has 4 nitrogen and oxygen atoms in total. The quantitative estimate of drug-likeness (QED) is 0.871. The van der Waals surface area contributed by atoms with Crippen LogP contribution in [0.25, 0.3) is 0 Å². The number of hydrogen-bond acceptors (Lipinski definition) is 3. The molecule has 1 aromatic rings. The van der Waals surface area contributed by atoms with Gasteiger partial charge in [-0.3, -0.25) is 4.79 Å². The average Bonchev–Trinajstić information content (AvgIpc) is 2.93. The molecule has 2 rings (SSSR count). The number of rotatable bonds is 5. The number of carbonyl (C=O) groups is 1. The zero-order valence-electron chi connectivity index (χ0n) is 11.0. The zero-order valence-corrected chi connectivity index (χ0v) is 11.7. The maximum atomic E-state index is 11.8. The molecule has 19 heavy (non-hydrogen) atoms. The molecule has 2 atom stereocenters. The van der Waals surface area contributed by atoms with Gasteiger partial charge in [-0.05, 0) is 43.5 Å². The van der Waals surface area contributed by atoms with Crippen LogP contribution in [-0.4, -0.2) is 31.7 Å².